The van der Waals surface area contributed by atoms with E-state index in [1.54, 1.807) is 0 Å². The van der Waals surface area contributed by atoms with Gasteiger partial charge in [0.05, 0.1) is 11.2 Å². The van der Waals surface area contributed by atoms with Gasteiger partial charge in [-0.15, -0.1) is 5.54 Å². The molecule has 4 heteroatoms. The van der Waals surface area contributed by atoms with Gasteiger partial charge in [-0.2, -0.15) is 0 Å². The van der Waals surface area contributed by atoms with E-state index in [2.05, 4.69) is 117 Å². The van der Waals surface area contributed by atoms with Gasteiger partial charge in [-0.3, -0.25) is 0 Å². The van der Waals surface area contributed by atoms with Crippen LogP contribution in [0.3, 0.4) is 0 Å². The number of rotatable bonds is 4. The van der Waals surface area contributed by atoms with Gasteiger partial charge in [0.25, 0.3) is 0 Å². The lowest BCUT2D eigenvalue weighted by molar-refractivity contribution is 0.00578. The van der Waals surface area contributed by atoms with Crippen molar-refractivity contribution in [1.29, 1.82) is 0 Å². The second-order valence-electron chi connectivity index (χ2n) is 11.0. The van der Waals surface area contributed by atoms with Gasteiger partial charge in [0, 0.05) is 5.56 Å². The lowest BCUT2D eigenvalue weighted by Gasteiger charge is -2.38. The van der Waals surface area contributed by atoms with Crippen molar-refractivity contribution in [1.82, 2.24) is 0 Å². The van der Waals surface area contributed by atoms with E-state index in [0.717, 1.165) is 16.4 Å². The number of hydrogen-bond donors (Lipinski definition) is 0. The number of benzene rings is 2. The lowest BCUT2D eigenvalue weighted by Crippen LogP contribution is -2.43. The Morgan fingerprint density at radius 3 is 1.74 bits per heavy atom. The van der Waals surface area contributed by atoms with Gasteiger partial charge < -0.3 is 9.31 Å². The Morgan fingerprint density at radius 1 is 0.774 bits per heavy atom. The summed E-state index contributed by atoms with van der Waals surface area (Å²) in [7, 11) is -2.21. The van der Waals surface area contributed by atoms with Crippen LogP contribution in [0.25, 0.3) is 10.8 Å². The summed E-state index contributed by atoms with van der Waals surface area (Å²) in [4.78, 5) is 0. The van der Waals surface area contributed by atoms with Crippen molar-refractivity contribution in [2.24, 2.45) is 0 Å². The average Bonchev–Trinajstić information content (AvgIpc) is 2.88. The molecule has 0 N–H and O–H groups in total. The van der Waals surface area contributed by atoms with Gasteiger partial charge in [-0.05, 0) is 66.6 Å². The van der Waals surface area contributed by atoms with E-state index in [9.17, 15) is 0 Å². The average molecular weight is 435 g/mol. The van der Waals surface area contributed by atoms with Crippen molar-refractivity contribution in [2.45, 2.75) is 97.1 Å². The maximum Gasteiger partial charge on any atom is 0.495 e. The first kappa shape index (κ1) is 24.1. The van der Waals surface area contributed by atoms with Crippen LogP contribution in [0.15, 0.2) is 36.4 Å². The first-order valence-corrected chi connectivity index (χ1v) is 14.0. The zero-order valence-electron chi connectivity index (χ0n) is 21.1. The zero-order chi connectivity index (χ0) is 23.2. The maximum atomic E-state index is 6.41. The molecule has 1 aliphatic heterocycles. The molecule has 0 aromatic heterocycles. The standard InChI is InChI=1S/C27H39BO2Si/c1-19(2)31(20(3)4,21(5)6)18-17-23-14-11-13-22-15-12-16-24(25(22)23)28-29-26(7,8)27(9,10)30-28/h11-16,19-21H,1-10H3. The van der Waals surface area contributed by atoms with Crippen LogP contribution in [0.4, 0.5) is 0 Å². The predicted octanol–water partition coefficient (Wildman–Crippen LogP) is 6.71. The van der Waals surface area contributed by atoms with Crippen molar-refractivity contribution in [3.8, 4) is 11.5 Å². The molecule has 0 aliphatic carbocycles. The first-order valence-electron chi connectivity index (χ1n) is 11.7. The molecule has 0 atom stereocenters. The Bertz CT molecular complexity index is 968. The molecule has 1 fully saturated rings. The fraction of sp³-hybridized carbons (Fsp3) is 0.556. The number of hydrogen-bond acceptors (Lipinski definition) is 2. The highest BCUT2D eigenvalue weighted by atomic mass is 28.3. The molecule has 0 spiro atoms. The molecule has 3 rings (SSSR count). The highest BCUT2D eigenvalue weighted by molar-refractivity contribution is 6.90. The second kappa shape index (κ2) is 8.43. The van der Waals surface area contributed by atoms with E-state index in [0.29, 0.717) is 16.6 Å². The van der Waals surface area contributed by atoms with Crippen LogP contribution in [-0.2, 0) is 9.31 Å². The summed E-state index contributed by atoms with van der Waals surface area (Å²) in [5, 5.41) is 2.35. The molecule has 0 saturated carbocycles. The minimum Gasteiger partial charge on any atom is -0.399 e. The van der Waals surface area contributed by atoms with Gasteiger partial charge in [0.15, 0.2) is 0 Å². The molecule has 2 aromatic rings. The summed E-state index contributed by atoms with van der Waals surface area (Å²) in [6.45, 7) is 22.6. The molecular formula is C27H39BO2Si. The molecule has 0 bridgehead atoms. The minimum absolute atomic E-state index is 0.366. The van der Waals surface area contributed by atoms with Crippen LogP contribution in [0.2, 0.25) is 16.6 Å². The Hall–Kier alpha value is -1.54. The monoisotopic (exact) mass is 434 g/mol. The van der Waals surface area contributed by atoms with Crippen molar-refractivity contribution in [3.05, 3.63) is 42.0 Å². The quantitative estimate of drug-likeness (QED) is 0.393. The van der Waals surface area contributed by atoms with Crippen LogP contribution >= 0.6 is 0 Å². The minimum atomic E-state index is -1.82. The van der Waals surface area contributed by atoms with E-state index in [4.69, 9.17) is 9.31 Å². The lowest BCUT2D eigenvalue weighted by atomic mass is 9.75. The summed E-state index contributed by atoms with van der Waals surface area (Å²) >= 11 is 0. The second-order valence-corrected chi connectivity index (χ2v) is 16.6. The van der Waals surface area contributed by atoms with Crippen LogP contribution in [0.1, 0.15) is 74.8 Å². The first-order chi connectivity index (χ1) is 14.3. The molecule has 0 amide bonds. The van der Waals surface area contributed by atoms with Crippen molar-refractivity contribution < 1.29 is 9.31 Å². The molecule has 2 aromatic carbocycles. The van der Waals surface area contributed by atoms with E-state index < -0.39 is 8.07 Å². The van der Waals surface area contributed by atoms with Gasteiger partial charge >= 0.3 is 7.12 Å². The molecule has 1 saturated heterocycles. The number of fused-ring (bicyclic) bond motifs is 1. The molecule has 1 aliphatic rings. The zero-order valence-corrected chi connectivity index (χ0v) is 22.1. The molecule has 31 heavy (non-hydrogen) atoms. The SMILES string of the molecule is CC(C)[Si](C#Cc1cccc2cccc(B3OC(C)(C)C(C)(C)O3)c12)(C(C)C)C(C)C. The summed E-state index contributed by atoms with van der Waals surface area (Å²) in [5.41, 5.74) is 7.15. The predicted molar refractivity (Wildman–Crippen MR) is 138 cm³/mol. The Kier molecular flexibility index (Phi) is 6.56. The molecule has 166 valence electrons. The van der Waals surface area contributed by atoms with E-state index in [-0.39, 0.29) is 18.3 Å². The van der Waals surface area contributed by atoms with Crippen LogP contribution in [0, 0.1) is 11.5 Å². The van der Waals surface area contributed by atoms with E-state index in [1.165, 1.54) is 5.39 Å². The van der Waals surface area contributed by atoms with E-state index >= 15 is 0 Å². The summed E-state index contributed by atoms with van der Waals surface area (Å²) in [6.07, 6.45) is 0. The highest BCUT2D eigenvalue weighted by Gasteiger charge is 2.52. The van der Waals surface area contributed by atoms with Gasteiger partial charge in [-0.1, -0.05) is 77.8 Å². The molecular weight excluding hydrogens is 395 g/mol. The smallest absolute Gasteiger partial charge is 0.399 e. The normalized spacial score (nSPS) is 18.2. The topological polar surface area (TPSA) is 18.5 Å². The maximum absolute atomic E-state index is 6.41. The van der Waals surface area contributed by atoms with E-state index in [1.807, 2.05) is 0 Å². The van der Waals surface area contributed by atoms with Gasteiger partial charge in [0.1, 0.15) is 8.07 Å². The van der Waals surface area contributed by atoms with Crippen LogP contribution in [-0.4, -0.2) is 26.4 Å². The summed E-state index contributed by atoms with van der Waals surface area (Å²) < 4.78 is 12.8. The van der Waals surface area contributed by atoms with Crippen molar-refractivity contribution in [3.63, 3.8) is 0 Å². The van der Waals surface area contributed by atoms with Gasteiger partial charge in [0.2, 0.25) is 0 Å². The summed E-state index contributed by atoms with van der Waals surface area (Å²) in [6, 6.07) is 12.8. The fourth-order valence-corrected chi connectivity index (χ4v) is 10.5. The molecule has 2 nitrogen and oxygen atoms in total. The van der Waals surface area contributed by atoms with Crippen molar-refractivity contribution >= 4 is 31.4 Å². The van der Waals surface area contributed by atoms with Crippen molar-refractivity contribution in [2.75, 3.05) is 0 Å². The van der Waals surface area contributed by atoms with Crippen LogP contribution < -0.4 is 5.46 Å². The third-order valence-electron chi connectivity index (χ3n) is 7.72. The Balaban J connectivity index is 2.18. The third-order valence-corrected chi connectivity index (χ3v) is 14.0. The Morgan fingerprint density at radius 2 is 1.26 bits per heavy atom. The fourth-order valence-electron chi connectivity index (χ4n) is 5.25. The van der Waals surface area contributed by atoms with Crippen LogP contribution in [0.5, 0.6) is 0 Å². The molecule has 0 unspecified atom stereocenters. The molecule has 0 radical (unpaired) electrons. The van der Waals surface area contributed by atoms with Gasteiger partial charge in [-0.25, -0.2) is 0 Å². The Labute approximate surface area is 191 Å². The summed E-state index contributed by atoms with van der Waals surface area (Å²) in [5.74, 6) is 3.68. The molecule has 1 heterocycles. The third kappa shape index (κ3) is 4.13. The largest absolute Gasteiger partial charge is 0.495 e. The highest BCUT2D eigenvalue weighted by Crippen LogP contribution is 2.41.